The zero-order valence-corrected chi connectivity index (χ0v) is 22.5. The van der Waals surface area contributed by atoms with E-state index in [1.165, 1.54) is 64.3 Å². The minimum atomic E-state index is -0.0222. The first-order chi connectivity index (χ1) is 18.7. The number of nitrogens with one attached hydrogen (secondary N) is 2. The fourth-order valence-electron chi connectivity index (χ4n) is 6.55. The van der Waals surface area contributed by atoms with Crippen LogP contribution in [0.4, 0.5) is 0 Å². The normalized spacial score (nSPS) is 18.2. The lowest BCUT2D eigenvalue weighted by Gasteiger charge is -2.32. The molecule has 2 aromatic carbocycles. The van der Waals surface area contributed by atoms with Gasteiger partial charge in [-0.25, -0.2) is 0 Å². The first kappa shape index (κ1) is 25.2. The lowest BCUT2D eigenvalue weighted by molar-refractivity contribution is 0.0906. The van der Waals surface area contributed by atoms with Crippen molar-refractivity contribution in [1.82, 2.24) is 15.2 Å². The minimum absolute atomic E-state index is 0.0222. The molecule has 3 heterocycles. The van der Waals surface area contributed by atoms with Gasteiger partial charge in [-0.2, -0.15) is 0 Å². The van der Waals surface area contributed by atoms with E-state index < -0.39 is 0 Å². The predicted octanol–water partition coefficient (Wildman–Crippen LogP) is 7.92. The first-order valence-electron chi connectivity index (χ1n) is 14.9. The Balaban J connectivity index is 1.00. The maximum absolute atomic E-state index is 13.1. The van der Waals surface area contributed by atoms with Gasteiger partial charge in [0, 0.05) is 41.0 Å². The quantitative estimate of drug-likeness (QED) is 0.187. The highest BCUT2D eigenvalue weighted by molar-refractivity contribution is 6.08. The molecule has 5 nitrogen and oxygen atoms in total. The number of piperidine rings is 1. The van der Waals surface area contributed by atoms with Gasteiger partial charge in [-0.1, -0.05) is 81.7 Å². The van der Waals surface area contributed by atoms with Crippen LogP contribution < -0.4 is 5.32 Å². The summed E-state index contributed by atoms with van der Waals surface area (Å²) < 4.78 is 6.25. The van der Waals surface area contributed by atoms with Crippen LogP contribution in [-0.4, -0.2) is 41.5 Å². The van der Waals surface area contributed by atoms with Crippen LogP contribution in [0.1, 0.15) is 81.1 Å². The summed E-state index contributed by atoms with van der Waals surface area (Å²) in [5, 5.41) is 5.28. The van der Waals surface area contributed by atoms with Crippen LogP contribution in [0.2, 0.25) is 0 Å². The van der Waals surface area contributed by atoms with Gasteiger partial charge in [0.1, 0.15) is 17.0 Å². The van der Waals surface area contributed by atoms with Gasteiger partial charge >= 0.3 is 0 Å². The molecule has 0 unspecified atom stereocenters. The Morgan fingerprint density at radius 2 is 1.71 bits per heavy atom. The molecular formula is C33H41N3O2. The van der Waals surface area contributed by atoms with Gasteiger partial charge in [0.2, 0.25) is 0 Å². The zero-order chi connectivity index (χ0) is 25.7. The largest absolute Gasteiger partial charge is 0.455 e. The second kappa shape index (κ2) is 11.8. The summed E-state index contributed by atoms with van der Waals surface area (Å²) in [6.07, 6.45) is 14.9. The number of carbonyl (C=O) groups excluding carboxylic acids is 1. The number of amides is 1. The molecule has 6 rings (SSSR count). The van der Waals surface area contributed by atoms with E-state index in [0.29, 0.717) is 5.69 Å². The van der Waals surface area contributed by atoms with E-state index in [4.69, 9.17) is 4.42 Å². The number of nitrogens with zero attached hydrogens (tertiary/aromatic N) is 1. The minimum Gasteiger partial charge on any atom is -0.455 e. The Kier molecular flexibility index (Phi) is 7.82. The van der Waals surface area contributed by atoms with Crippen LogP contribution in [0, 0.1) is 5.92 Å². The number of unbranched alkanes of at least 4 members (excludes halogenated alkanes) is 1. The van der Waals surface area contributed by atoms with Crippen molar-refractivity contribution in [3.05, 3.63) is 60.3 Å². The molecule has 4 aromatic rings. The average molecular weight is 512 g/mol. The molecule has 2 aliphatic rings. The van der Waals surface area contributed by atoms with E-state index in [1.54, 1.807) is 0 Å². The first-order valence-corrected chi connectivity index (χ1v) is 14.9. The average Bonchev–Trinajstić information content (AvgIpc) is 3.50. The van der Waals surface area contributed by atoms with Crippen molar-refractivity contribution < 1.29 is 9.21 Å². The summed E-state index contributed by atoms with van der Waals surface area (Å²) in [5.74, 6) is 1.81. The summed E-state index contributed by atoms with van der Waals surface area (Å²) in [5.41, 5.74) is 3.40. The molecule has 5 heteroatoms. The molecule has 1 aliphatic carbocycles. The number of hydrogen-bond acceptors (Lipinski definition) is 3. The number of aromatic amines is 1. The Morgan fingerprint density at radius 1 is 0.921 bits per heavy atom. The zero-order valence-electron chi connectivity index (χ0n) is 22.5. The highest BCUT2D eigenvalue weighted by atomic mass is 16.3. The van der Waals surface area contributed by atoms with Gasteiger partial charge in [-0.3, -0.25) is 4.79 Å². The Hall–Kier alpha value is -3.05. The van der Waals surface area contributed by atoms with E-state index >= 15 is 0 Å². The van der Waals surface area contributed by atoms with Gasteiger partial charge in [0.15, 0.2) is 0 Å². The molecule has 1 amide bonds. The summed E-state index contributed by atoms with van der Waals surface area (Å²) in [7, 11) is 0. The fraction of sp³-hybridized carbons (Fsp3) is 0.485. The Morgan fingerprint density at radius 3 is 2.50 bits per heavy atom. The van der Waals surface area contributed by atoms with Crippen LogP contribution in [-0.2, 0) is 0 Å². The number of rotatable bonds is 8. The third-order valence-electron chi connectivity index (χ3n) is 8.82. The van der Waals surface area contributed by atoms with Gasteiger partial charge in [-0.05, 0) is 56.0 Å². The standard InChI is InChI=1S/C33H41N3O2/c37-33(34-27-17-20-36(21-18-27)19-9-8-12-24-10-4-1-2-5-11-24)30-23-28-29(35-30)16-15-26-22-31(38-32(26)28)25-13-6-3-7-14-25/h3,6-7,13-16,22-24,27,35H,1-2,4-5,8-12,17-21H2,(H,34,37). The molecule has 2 N–H and O–H groups in total. The van der Waals surface area contributed by atoms with Crippen molar-refractivity contribution in [3.63, 3.8) is 0 Å². The Bertz CT molecular complexity index is 1340. The third-order valence-corrected chi connectivity index (χ3v) is 8.82. The molecule has 2 fully saturated rings. The molecule has 1 aliphatic heterocycles. The molecule has 0 spiro atoms. The van der Waals surface area contributed by atoms with Crippen molar-refractivity contribution in [3.8, 4) is 11.3 Å². The number of carbonyl (C=O) groups is 1. The van der Waals surface area contributed by atoms with Gasteiger partial charge < -0.3 is 19.6 Å². The van der Waals surface area contributed by atoms with Crippen LogP contribution in [0.15, 0.2) is 59.0 Å². The molecule has 1 saturated heterocycles. The SMILES string of the molecule is O=C(NC1CCN(CCCCC2CCCCCC2)CC1)c1cc2c(ccc3cc(-c4ccccc4)oc32)[nH]1. The van der Waals surface area contributed by atoms with E-state index in [-0.39, 0.29) is 11.9 Å². The smallest absolute Gasteiger partial charge is 0.267 e. The molecule has 0 bridgehead atoms. The summed E-state index contributed by atoms with van der Waals surface area (Å²) in [6, 6.07) is 18.5. The molecule has 200 valence electrons. The molecule has 2 aromatic heterocycles. The van der Waals surface area contributed by atoms with E-state index in [2.05, 4.69) is 39.5 Å². The summed E-state index contributed by atoms with van der Waals surface area (Å²) in [4.78, 5) is 19.0. The van der Waals surface area contributed by atoms with E-state index in [9.17, 15) is 4.79 Å². The second-order valence-corrected chi connectivity index (χ2v) is 11.5. The summed E-state index contributed by atoms with van der Waals surface area (Å²) in [6.45, 7) is 3.37. The number of aromatic nitrogens is 1. The number of hydrogen-bond donors (Lipinski definition) is 2. The number of likely N-dealkylation sites (tertiary alicyclic amines) is 1. The molecule has 0 atom stereocenters. The number of fused-ring (bicyclic) bond motifs is 3. The second-order valence-electron chi connectivity index (χ2n) is 11.5. The predicted molar refractivity (Wildman–Crippen MR) is 155 cm³/mol. The van der Waals surface area contributed by atoms with Crippen molar-refractivity contribution in [2.45, 2.75) is 76.7 Å². The lowest BCUT2D eigenvalue weighted by atomic mass is 9.94. The molecule has 0 radical (unpaired) electrons. The number of H-pyrrole nitrogens is 1. The van der Waals surface area contributed by atoms with Crippen molar-refractivity contribution >= 4 is 27.8 Å². The van der Waals surface area contributed by atoms with E-state index in [0.717, 1.165) is 65.0 Å². The van der Waals surface area contributed by atoms with Crippen molar-refractivity contribution in [2.75, 3.05) is 19.6 Å². The number of benzene rings is 2. The van der Waals surface area contributed by atoms with Crippen LogP contribution in [0.25, 0.3) is 33.2 Å². The van der Waals surface area contributed by atoms with E-state index in [1.807, 2.05) is 30.3 Å². The van der Waals surface area contributed by atoms with Gasteiger partial charge in [0.05, 0.1) is 0 Å². The van der Waals surface area contributed by atoms with Gasteiger partial charge in [0.25, 0.3) is 5.91 Å². The molecule has 38 heavy (non-hydrogen) atoms. The van der Waals surface area contributed by atoms with Crippen molar-refractivity contribution in [1.29, 1.82) is 0 Å². The van der Waals surface area contributed by atoms with Crippen LogP contribution in [0.5, 0.6) is 0 Å². The Labute approximate surface area is 226 Å². The highest BCUT2D eigenvalue weighted by Crippen LogP contribution is 2.33. The maximum Gasteiger partial charge on any atom is 0.267 e. The highest BCUT2D eigenvalue weighted by Gasteiger charge is 2.22. The third kappa shape index (κ3) is 5.83. The van der Waals surface area contributed by atoms with Crippen molar-refractivity contribution in [2.24, 2.45) is 5.92 Å². The topological polar surface area (TPSA) is 61.3 Å². The molecular weight excluding hydrogens is 470 g/mol. The van der Waals surface area contributed by atoms with Crippen LogP contribution in [0.3, 0.4) is 0 Å². The fourth-order valence-corrected chi connectivity index (χ4v) is 6.55. The number of furan rings is 1. The van der Waals surface area contributed by atoms with Crippen LogP contribution >= 0.6 is 0 Å². The van der Waals surface area contributed by atoms with Gasteiger partial charge in [-0.15, -0.1) is 0 Å². The maximum atomic E-state index is 13.1. The molecule has 1 saturated carbocycles. The summed E-state index contributed by atoms with van der Waals surface area (Å²) >= 11 is 0. The lowest BCUT2D eigenvalue weighted by Crippen LogP contribution is -2.44. The monoisotopic (exact) mass is 511 g/mol.